The fraction of sp³-hybridized carbons (Fsp3) is 0.417. The molecule has 1 amide bonds. The quantitative estimate of drug-likeness (QED) is 0.635. The molecule has 2 aromatic carbocycles. The second-order valence-electron chi connectivity index (χ2n) is 7.43. The van der Waals surface area contributed by atoms with Gasteiger partial charge in [-0.15, -0.1) is 0 Å². The minimum Gasteiger partial charge on any atom is -0.491 e. The van der Waals surface area contributed by atoms with Gasteiger partial charge in [0.25, 0.3) is 5.91 Å². The third kappa shape index (κ3) is 6.32. The van der Waals surface area contributed by atoms with Crippen LogP contribution in [0, 0.1) is 0 Å². The summed E-state index contributed by atoms with van der Waals surface area (Å²) >= 11 is 0. The maximum Gasteiger partial charge on any atom is 0.338 e. The van der Waals surface area contributed by atoms with E-state index >= 15 is 0 Å². The lowest BCUT2D eigenvalue weighted by molar-refractivity contribution is -0.124. The normalized spacial score (nSPS) is 16.7. The van der Waals surface area contributed by atoms with E-state index in [1.165, 1.54) is 5.56 Å². The molecule has 0 saturated carbocycles. The van der Waals surface area contributed by atoms with Crippen LogP contribution >= 0.6 is 0 Å². The van der Waals surface area contributed by atoms with Gasteiger partial charge >= 0.3 is 5.97 Å². The highest BCUT2D eigenvalue weighted by atomic mass is 16.5. The number of esters is 1. The Morgan fingerprint density at radius 2 is 1.87 bits per heavy atom. The molecule has 0 aliphatic carbocycles. The molecule has 1 fully saturated rings. The van der Waals surface area contributed by atoms with Crippen molar-refractivity contribution in [3.63, 3.8) is 0 Å². The number of nitrogens with one attached hydrogen (secondary N) is 1. The Morgan fingerprint density at radius 3 is 2.50 bits per heavy atom. The Kier molecular flexibility index (Phi) is 7.85. The van der Waals surface area contributed by atoms with E-state index in [1.807, 2.05) is 31.2 Å². The van der Waals surface area contributed by atoms with Gasteiger partial charge in [0.05, 0.1) is 17.7 Å². The number of ether oxygens (including phenoxy) is 3. The average molecular weight is 411 g/mol. The zero-order valence-electron chi connectivity index (χ0n) is 17.6. The third-order valence-electron chi connectivity index (χ3n) is 5.15. The number of carbonyl (C=O) groups is 2. The second kappa shape index (κ2) is 10.8. The molecule has 0 bridgehead atoms. The first kappa shape index (κ1) is 21.8. The van der Waals surface area contributed by atoms with Gasteiger partial charge in [0.2, 0.25) is 0 Å². The molecule has 6 nitrogen and oxygen atoms in total. The van der Waals surface area contributed by atoms with Gasteiger partial charge in [0, 0.05) is 6.61 Å². The maximum absolute atomic E-state index is 12.2. The molecular weight excluding hydrogens is 382 g/mol. The van der Waals surface area contributed by atoms with E-state index in [-0.39, 0.29) is 24.7 Å². The van der Waals surface area contributed by atoms with Crippen molar-refractivity contribution < 1.29 is 23.8 Å². The first-order valence-electron chi connectivity index (χ1n) is 10.4. The molecule has 2 aromatic rings. The van der Waals surface area contributed by atoms with E-state index in [2.05, 4.69) is 12.2 Å². The molecule has 6 heteroatoms. The molecule has 0 unspecified atom stereocenters. The summed E-state index contributed by atoms with van der Waals surface area (Å²) in [5, 5.41) is 2.85. The molecule has 3 rings (SSSR count). The summed E-state index contributed by atoms with van der Waals surface area (Å²) in [6.07, 6.45) is 3.19. The summed E-state index contributed by atoms with van der Waals surface area (Å²) in [5.41, 5.74) is 2.62. The first-order chi connectivity index (χ1) is 14.5. The molecule has 1 saturated heterocycles. The highest BCUT2D eigenvalue weighted by Crippen LogP contribution is 2.17. The lowest BCUT2D eigenvalue weighted by Gasteiger charge is -2.15. The Balaban J connectivity index is 1.41. The largest absolute Gasteiger partial charge is 0.491 e. The summed E-state index contributed by atoms with van der Waals surface area (Å²) in [6.45, 7) is 4.96. The molecule has 0 aromatic heterocycles. The van der Waals surface area contributed by atoms with Crippen molar-refractivity contribution in [2.75, 3.05) is 19.8 Å². The van der Waals surface area contributed by atoms with Crippen LogP contribution in [-0.4, -0.2) is 37.8 Å². The number of benzene rings is 2. The van der Waals surface area contributed by atoms with Crippen molar-refractivity contribution in [3.05, 3.63) is 65.2 Å². The van der Waals surface area contributed by atoms with E-state index in [9.17, 15) is 9.59 Å². The van der Waals surface area contributed by atoms with E-state index in [0.717, 1.165) is 31.4 Å². The molecular formula is C24H29NO5. The molecule has 2 atom stereocenters. The zero-order chi connectivity index (χ0) is 21.3. The fourth-order valence-electron chi connectivity index (χ4n) is 3.28. The summed E-state index contributed by atoms with van der Waals surface area (Å²) in [7, 11) is 0. The number of rotatable bonds is 9. The first-order valence-corrected chi connectivity index (χ1v) is 10.4. The van der Waals surface area contributed by atoms with Crippen LogP contribution in [0.2, 0.25) is 0 Å². The van der Waals surface area contributed by atoms with E-state index < -0.39 is 5.97 Å². The minimum atomic E-state index is -0.546. The SMILES string of the molecule is CCc1ccc([C@H](C)NC(=O)COC(=O)c2ccc(OC[C@@H]3CCCO3)cc2)cc1. The zero-order valence-corrected chi connectivity index (χ0v) is 17.6. The standard InChI is InChI=1S/C24H29NO5/c1-3-18-6-8-19(9-7-18)17(2)25-23(26)16-30-24(27)20-10-12-21(13-11-20)29-15-22-5-4-14-28-22/h6-13,17,22H,3-5,14-16H2,1-2H3,(H,25,26)/t17-,22-/m0/s1. The lowest BCUT2D eigenvalue weighted by Crippen LogP contribution is -2.31. The molecule has 160 valence electrons. The number of hydrogen-bond acceptors (Lipinski definition) is 5. The van der Waals surface area contributed by atoms with Gasteiger partial charge in [0.15, 0.2) is 6.61 Å². The van der Waals surface area contributed by atoms with Crippen LogP contribution in [-0.2, 0) is 20.7 Å². The van der Waals surface area contributed by atoms with Gasteiger partial charge < -0.3 is 19.5 Å². The van der Waals surface area contributed by atoms with E-state index in [4.69, 9.17) is 14.2 Å². The van der Waals surface area contributed by atoms with Crippen molar-refractivity contribution in [3.8, 4) is 5.75 Å². The molecule has 30 heavy (non-hydrogen) atoms. The highest BCUT2D eigenvalue weighted by Gasteiger charge is 2.16. The van der Waals surface area contributed by atoms with Crippen molar-refractivity contribution in [2.45, 2.75) is 45.3 Å². The Morgan fingerprint density at radius 1 is 1.13 bits per heavy atom. The van der Waals surface area contributed by atoms with Crippen molar-refractivity contribution >= 4 is 11.9 Å². The predicted octanol–water partition coefficient (Wildman–Crippen LogP) is 3.84. The van der Waals surface area contributed by atoms with Gasteiger partial charge in [-0.25, -0.2) is 4.79 Å². The molecule has 0 spiro atoms. The monoisotopic (exact) mass is 411 g/mol. The Hall–Kier alpha value is -2.86. The van der Waals surface area contributed by atoms with Crippen LogP contribution in [0.15, 0.2) is 48.5 Å². The van der Waals surface area contributed by atoms with Crippen LogP contribution in [0.4, 0.5) is 0 Å². The highest BCUT2D eigenvalue weighted by molar-refractivity contribution is 5.91. The van der Waals surface area contributed by atoms with Crippen LogP contribution in [0.25, 0.3) is 0 Å². The molecule has 0 radical (unpaired) electrons. The van der Waals surface area contributed by atoms with Crippen LogP contribution in [0.1, 0.15) is 54.2 Å². The third-order valence-corrected chi connectivity index (χ3v) is 5.15. The second-order valence-corrected chi connectivity index (χ2v) is 7.43. The van der Waals surface area contributed by atoms with Crippen molar-refractivity contribution in [2.24, 2.45) is 0 Å². The number of aryl methyl sites for hydroxylation is 1. The molecule has 1 heterocycles. The van der Waals surface area contributed by atoms with E-state index in [0.29, 0.717) is 17.9 Å². The molecule has 1 N–H and O–H groups in total. The summed E-state index contributed by atoms with van der Waals surface area (Å²) in [5.74, 6) is -0.217. The Labute approximate surface area is 177 Å². The maximum atomic E-state index is 12.2. The lowest BCUT2D eigenvalue weighted by atomic mass is 10.1. The van der Waals surface area contributed by atoms with Crippen molar-refractivity contribution in [1.29, 1.82) is 0 Å². The number of carbonyl (C=O) groups excluding carboxylic acids is 2. The van der Waals surface area contributed by atoms with Crippen LogP contribution in [0.5, 0.6) is 5.75 Å². The van der Waals surface area contributed by atoms with Crippen molar-refractivity contribution in [1.82, 2.24) is 5.32 Å². The molecule has 1 aliphatic heterocycles. The van der Waals surface area contributed by atoms with Crippen LogP contribution in [0.3, 0.4) is 0 Å². The topological polar surface area (TPSA) is 73.9 Å². The summed E-state index contributed by atoms with van der Waals surface area (Å²) in [4.78, 5) is 24.3. The predicted molar refractivity (Wildman–Crippen MR) is 114 cm³/mol. The van der Waals surface area contributed by atoms with Gasteiger partial charge in [-0.3, -0.25) is 4.79 Å². The van der Waals surface area contributed by atoms with Gasteiger partial charge in [-0.05, 0) is 61.6 Å². The Bertz CT molecular complexity index is 826. The summed E-state index contributed by atoms with van der Waals surface area (Å²) in [6, 6.07) is 14.6. The van der Waals surface area contributed by atoms with Gasteiger partial charge in [0.1, 0.15) is 12.4 Å². The summed E-state index contributed by atoms with van der Waals surface area (Å²) < 4.78 is 16.3. The van der Waals surface area contributed by atoms with Crippen LogP contribution < -0.4 is 10.1 Å². The van der Waals surface area contributed by atoms with E-state index in [1.54, 1.807) is 24.3 Å². The van der Waals surface area contributed by atoms with Gasteiger partial charge in [-0.1, -0.05) is 31.2 Å². The fourth-order valence-corrected chi connectivity index (χ4v) is 3.28. The number of amides is 1. The molecule has 1 aliphatic rings. The van der Waals surface area contributed by atoms with Gasteiger partial charge in [-0.2, -0.15) is 0 Å². The smallest absolute Gasteiger partial charge is 0.338 e. The minimum absolute atomic E-state index is 0.139. The number of hydrogen-bond donors (Lipinski definition) is 1. The average Bonchev–Trinajstić information content (AvgIpc) is 3.30.